The Labute approximate surface area is 152 Å². The molecule has 3 rings (SSSR count). The zero-order valence-corrected chi connectivity index (χ0v) is 15.0. The van der Waals surface area contributed by atoms with Crippen LogP contribution in [0.4, 0.5) is 0 Å². The van der Waals surface area contributed by atoms with Crippen LogP contribution < -0.4 is 10.2 Å². The molecule has 0 amide bonds. The highest BCUT2D eigenvalue weighted by molar-refractivity contribution is 9.10. The van der Waals surface area contributed by atoms with Gasteiger partial charge in [-0.3, -0.25) is 4.79 Å². The number of hydrogen-bond donors (Lipinski definition) is 0. The molecule has 0 fully saturated rings. The normalized spacial score (nSPS) is 10.6. The molecule has 0 saturated carbocycles. The Hall–Kier alpha value is -2.60. The maximum Gasteiger partial charge on any atom is 0.374 e. The number of carbonyl (C=O) groups excluding carboxylic acids is 1. The summed E-state index contributed by atoms with van der Waals surface area (Å²) in [6, 6.07) is 13.7. The Balaban J connectivity index is 1.61. The van der Waals surface area contributed by atoms with Crippen molar-refractivity contribution in [2.75, 3.05) is 13.2 Å². The first-order chi connectivity index (χ1) is 12.0. The summed E-state index contributed by atoms with van der Waals surface area (Å²) in [5, 5.41) is 0.440. The van der Waals surface area contributed by atoms with Gasteiger partial charge in [-0.15, -0.1) is 0 Å². The number of rotatable bonds is 5. The molecule has 0 aliphatic carbocycles. The molecule has 5 nitrogen and oxygen atoms in total. The van der Waals surface area contributed by atoms with E-state index in [0.29, 0.717) is 16.7 Å². The number of aryl methyl sites for hydroxylation is 1. The molecule has 1 aromatic heterocycles. The first-order valence-corrected chi connectivity index (χ1v) is 8.42. The maximum absolute atomic E-state index is 12.1. The second-order valence-electron chi connectivity index (χ2n) is 5.41. The Morgan fingerprint density at radius 1 is 1.08 bits per heavy atom. The summed E-state index contributed by atoms with van der Waals surface area (Å²) < 4.78 is 17.0. The smallest absolute Gasteiger partial charge is 0.374 e. The molecule has 0 N–H and O–H groups in total. The van der Waals surface area contributed by atoms with Gasteiger partial charge in [-0.25, -0.2) is 4.79 Å². The van der Waals surface area contributed by atoms with E-state index < -0.39 is 5.97 Å². The van der Waals surface area contributed by atoms with Gasteiger partial charge >= 0.3 is 5.97 Å². The van der Waals surface area contributed by atoms with E-state index in [1.165, 1.54) is 0 Å². The van der Waals surface area contributed by atoms with E-state index in [-0.39, 0.29) is 24.4 Å². The number of hydrogen-bond acceptors (Lipinski definition) is 5. The Morgan fingerprint density at radius 2 is 1.84 bits per heavy atom. The Morgan fingerprint density at radius 3 is 2.60 bits per heavy atom. The monoisotopic (exact) mass is 402 g/mol. The lowest BCUT2D eigenvalue weighted by molar-refractivity contribution is 0.0415. The predicted octanol–water partition coefficient (Wildman–Crippen LogP) is 4.10. The molecular weight excluding hydrogens is 388 g/mol. The lowest BCUT2D eigenvalue weighted by Crippen LogP contribution is -2.14. The molecule has 2 aromatic carbocycles. The second-order valence-corrected chi connectivity index (χ2v) is 6.33. The molecule has 0 saturated heterocycles. The minimum atomic E-state index is -0.695. The van der Waals surface area contributed by atoms with Gasteiger partial charge in [0.25, 0.3) is 0 Å². The van der Waals surface area contributed by atoms with E-state index in [4.69, 9.17) is 13.9 Å². The van der Waals surface area contributed by atoms with Crippen LogP contribution in [0.5, 0.6) is 5.75 Å². The lowest BCUT2D eigenvalue weighted by atomic mass is 10.1. The summed E-state index contributed by atoms with van der Waals surface area (Å²) in [4.78, 5) is 24.1. The third kappa shape index (κ3) is 4.28. The molecule has 128 valence electrons. The minimum absolute atomic E-state index is 0.0462. The van der Waals surface area contributed by atoms with Gasteiger partial charge in [-0.05, 0) is 43.3 Å². The summed E-state index contributed by atoms with van der Waals surface area (Å²) in [6.45, 7) is 2.13. The molecule has 0 spiro atoms. The van der Waals surface area contributed by atoms with Crippen molar-refractivity contribution >= 4 is 32.9 Å². The Kier molecular flexibility index (Phi) is 5.19. The van der Waals surface area contributed by atoms with Crippen LogP contribution in [0, 0.1) is 6.92 Å². The average molecular weight is 403 g/mol. The highest BCUT2D eigenvalue weighted by Gasteiger charge is 2.14. The molecule has 25 heavy (non-hydrogen) atoms. The molecule has 0 aliphatic heterocycles. The zero-order valence-electron chi connectivity index (χ0n) is 13.5. The minimum Gasteiger partial charge on any atom is -0.490 e. The number of carbonyl (C=O) groups is 1. The van der Waals surface area contributed by atoms with E-state index in [1.807, 2.05) is 25.1 Å². The van der Waals surface area contributed by atoms with Crippen LogP contribution in [0.3, 0.4) is 0 Å². The van der Waals surface area contributed by atoms with Crippen LogP contribution >= 0.6 is 15.9 Å². The molecule has 3 aromatic rings. The molecule has 1 heterocycles. The second kappa shape index (κ2) is 7.53. The number of benzene rings is 2. The predicted molar refractivity (Wildman–Crippen MR) is 97.1 cm³/mol. The van der Waals surface area contributed by atoms with Gasteiger partial charge in [0.1, 0.15) is 24.5 Å². The van der Waals surface area contributed by atoms with Crippen LogP contribution in [-0.2, 0) is 4.74 Å². The molecule has 0 unspecified atom stereocenters. The summed E-state index contributed by atoms with van der Waals surface area (Å²) in [5.41, 5.74) is 1.03. The van der Waals surface area contributed by atoms with E-state index in [2.05, 4.69) is 15.9 Å². The SMILES string of the molecule is Cc1ccc2oc(C(=O)OCCOc3ccc(Br)cc3)cc(=O)c2c1. The topological polar surface area (TPSA) is 65.7 Å². The van der Waals surface area contributed by atoms with Crippen molar-refractivity contribution in [3.05, 3.63) is 74.6 Å². The largest absolute Gasteiger partial charge is 0.490 e. The highest BCUT2D eigenvalue weighted by Crippen LogP contribution is 2.16. The van der Waals surface area contributed by atoms with Gasteiger partial charge in [0.05, 0.1) is 5.39 Å². The van der Waals surface area contributed by atoms with E-state index >= 15 is 0 Å². The molecule has 0 atom stereocenters. The maximum atomic E-state index is 12.1. The number of ether oxygens (including phenoxy) is 2. The van der Waals surface area contributed by atoms with Crippen molar-refractivity contribution in [2.45, 2.75) is 6.92 Å². The molecule has 0 radical (unpaired) electrons. The summed E-state index contributed by atoms with van der Waals surface area (Å²) in [6.07, 6.45) is 0. The first-order valence-electron chi connectivity index (χ1n) is 7.63. The zero-order chi connectivity index (χ0) is 17.8. The van der Waals surface area contributed by atoms with Crippen molar-refractivity contribution in [1.82, 2.24) is 0 Å². The van der Waals surface area contributed by atoms with E-state index in [1.54, 1.807) is 24.3 Å². The Bertz CT molecular complexity index is 960. The fourth-order valence-corrected chi connectivity index (χ4v) is 2.53. The van der Waals surface area contributed by atoms with Gasteiger partial charge in [0.15, 0.2) is 5.43 Å². The van der Waals surface area contributed by atoms with Crippen LogP contribution in [0.15, 0.2) is 62.2 Å². The number of esters is 1. The van der Waals surface area contributed by atoms with Crippen molar-refractivity contribution < 1.29 is 18.7 Å². The van der Waals surface area contributed by atoms with Crippen LogP contribution in [0.2, 0.25) is 0 Å². The third-order valence-electron chi connectivity index (χ3n) is 3.48. The third-order valence-corrected chi connectivity index (χ3v) is 4.01. The van der Waals surface area contributed by atoms with Crippen LogP contribution in [0.25, 0.3) is 11.0 Å². The van der Waals surface area contributed by atoms with Gasteiger partial charge in [-0.1, -0.05) is 27.6 Å². The summed E-state index contributed by atoms with van der Waals surface area (Å²) in [7, 11) is 0. The molecule has 0 bridgehead atoms. The van der Waals surface area contributed by atoms with E-state index in [9.17, 15) is 9.59 Å². The van der Waals surface area contributed by atoms with Crippen molar-refractivity contribution in [1.29, 1.82) is 0 Å². The molecular formula is C19H15BrO5. The van der Waals surface area contributed by atoms with Crippen molar-refractivity contribution in [3.8, 4) is 5.75 Å². The molecule has 6 heteroatoms. The van der Waals surface area contributed by atoms with Gasteiger partial charge in [-0.2, -0.15) is 0 Å². The van der Waals surface area contributed by atoms with Crippen LogP contribution in [-0.4, -0.2) is 19.2 Å². The number of halogens is 1. The number of fused-ring (bicyclic) bond motifs is 1. The van der Waals surface area contributed by atoms with Crippen molar-refractivity contribution in [2.24, 2.45) is 0 Å². The summed E-state index contributed by atoms with van der Waals surface area (Å²) >= 11 is 3.34. The lowest BCUT2D eigenvalue weighted by Gasteiger charge is -2.07. The fourth-order valence-electron chi connectivity index (χ4n) is 2.27. The van der Waals surface area contributed by atoms with Gasteiger partial charge < -0.3 is 13.9 Å². The van der Waals surface area contributed by atoms with E-state index in [0.717, 1.165) is 16.1 Å². The average Bonchev–Trinajstić information content (AvgIpc) is 2.60. The van der Waals surface area contributed by atoms with Gasteiger partial charge in [0, 0.05) is 10.5 Å². The van der Waals surface area contributed by atoms with Gasteiger partial charge in [0.2, 0.25) is 5.76 Å². The van der Waals surface area contributed by atoms with Crippen molar-refractivity contribution in [3.63, 3.8) is 0 Å². The standard InChI is InChI=1S/C19H15BrO5/c1-12-2-7-17-15(10-12)16(21)11-18(25-17)19(22)24-9-8-23-14-5-3-13(20)4-6-14/h2-7,10-11H,8-9H2,1H3. The highest BCUT2D eigenvalue weighted by atomic mass is 79.9. The fraction of sp³-hybridized carbons (Fsp3) is 0.158. The first kappa shape index (κ1) is 17.2. The van der Waals surface area contributed by atoms with Crippen LogP contribution in [0.1, 0.15) is 16.1 Å². The quantitative estimate of drug-likeness (QED) is 0.474. The molecule has 0 aliphatic rings. The summed E-state index contributed by atoms with van der Waals surface area (Å²) in [5.74, 6) is -0.143.